The summed E-state index contributed by atoms with van der Waals surface area (Å²) in [5, 5.41) is 3.76. The highest BCUT2D eigenvalue weighted by Gasteiger charge is 2.37. The van der Waals surface area contributed by atoms with Crippen LogP contribution in [0.1, 0.15) is 60.8 Å². The van der Waals surface area contributed by atoms with E-state index < -0.39 is 0 Å². The largest absolute Gasteiger partial charge is 0.309 e. The van der Waals surface area contributed by atoms with Gasteiger partial charge in [-0.2, -0.15) is 0 Å². The summed E-state index contributed by atoms with van der Waals surface area (Å²) < 4.78 is 0. The fourth-order valence-corrected chi connectivity index (χ4v) is 2.97. The minimum Gasteiger partial charge on any atom is -0.309 e. The van der Waals surface area contributed by atoms with Gasteiger partial charge < -0.3 is 5.32 Å². The normalized spacial score (nSPS) is 33.0. The van der Waals surface area contributed by atoms with Gasteiger partial charge in [-0.15, -0.1) is 0 Å². The number of nitrogens with one attached hydrogen (secondary N) is 1. The van der Waals surface area contributed by atoms with Crippen LogP contribution >= 0.6 is 0 Å². The maximum atomic E-state index is 3.76. The fraction of sp³-hybridized carbons (Fsp3) is 1.00. The van der Waals surface area contributed by atoms with Crippen LogP contribution in [0.15, 0.2) is 0 Å². The molecule has 1 aliphatic rings. The lowest BCUT2D eigenvalue weighted by molar-refractivity contribution is 0.0272. The number of piperazine rings is 1. The molecule has 0 bridgehead atoms. The Balaban J connectivity index is 2.75. The van der Waals surface area contributed by atoms with Gasteiger partial charge in [0.05, 0.1) is 0 Å². The second-order valence-electron chi connectivity index (χ2n) is 6.42. The lowest BCUT2D eigenvalue weighted by atomic mass is 9.88. The van der Waals surface area contributed by atoms with Gasteiger partial charge in [0.2, 0.25) is 0 Å². The van der Waals surface area contributed by atoms with E-state index in [2.05, 4.69) is 51.8 Å². The van der Waals surface area contributed by atoms with E-state index in [0.29, 0.717) is 11.6 Å². The molecule has 0 saturated carbocycles. The van der Waals surface area contributed by atoms with Crippen molar-refractivity contribution < 1.29 is 0 Å². The summed E-state index contributed by atoms with van der Waals surface area (Å²) in [6, 6.07) is 1.43. The Hall–Kier alpha value is -0.0800. The molecule has 0 radical (unpaired) electrons. The van der Waals surface area contributed by atoms with Crippen LogP contribution in [-0.2, 0) is 0 Å². The summed E-state index contributed by atoms with van der Waals surface area (Å²) in [6.45, 7) is 16.4. The molecule has 0 amide bonds. The average molecular weight is 240 g/mol. The number of nitrogens with zero attached hydrogens (tertiary/aromatic N) is 1. The number of hydrogen-bond acceptors (Lipinski definition) is 2. The van der Waals surface area contributed by atoms with E-state index >= 15 is 0 Å². The number of hydrogen-bond donors (Lipinski definition) is 1. The van der Waals surface area contributed by atoms with Gasteiger partial charge in [-0.1, -0.05) is 34.1 Å². The predicted octanol–water partition coefficient (Wildman–Crippen LogP) is 3.27. The SMILES string of the molecule is CCCC(C)N1CC(C)(CC)NCC1C(C)C. The van der Waals surface area contributed by atoms with Crippen molar-refractivity contribution in [3.63, 3.8) is 0 Å². The van der Waals surface area contributed by atoms with Crippen molar-refractivity contribution in [3.8, 4) is 0 Å². The van der Waals surface area contributed by atoms with Gasteiger partial charge >= 0.3 is 0 Å². The highest BCUT2D eigenvalue weighted by Crippen LogP contribution is 2.25. The summed E-state index contributed by atoms with van der Waals surface area (Å²) in [5.74, 6) is 0.739. The van der Waals surface area contributed by atoms with Gasteiger partial charge in [-0.25, -0.2) is 0 Å². The highest BCUT2D eigenvalue weighted by molar-refractivity contribution is 4.96. The van der Waals surface area contributed by atoms with Crippen LogP contribution in [0.2, 0.25) is 0 Å². The lowest BCUT2D eigenvalue weighted by Gasteiger charge is -2.50. The Labute approximate surface area is 108 Å². The molecule has 0 aliphatic carbocycles. The topological polar surface area (TPSA) is 15.3 Å². The molecule has 1 rings (SSSR count). The summed E-state index contributed by atoms with van der Waals surface area (Å²) in [6.07, 6.45) is 3.83. The van der Waals surface area contributed by atoms with Crippen LogP contribution in [0.5, 0.6) is 0 Å². The fourth-order valence-electron chi connectivity index (χ4n) is 2.97. The zero-order valence-corrected chi connectivity index (χ0v) is 12.7. The van der Waals surface area contributed by atoms with Crippen LogP contribution < -0.4 is 5.32 Å². The van der Waals surface area contributed by atoms with Crippen LogP contribution in [0.4, 0.5) is 0 Å². The first-order valence-electron chi connectivity index (χ1n) is 7.44. The molecule has 3 atom stereocenters. The third kappa shape index (κ3) is 3.69. The molecular weight excluding hydrogens is 208 g/mol. The summed E-state index contributed by atoms with van der Waals surface area (Å²) >= 11 is 0. The molecule has 3 unspecified atom stereocenters. The van der Waals surface area contributed by atoms with E-state index in [1.807, 2.05) is 0 Å². The molecule has 17 heavy (non-hydrogen) atoms. The summed E-state index contributed by atoms with van der Waals surface area (Å²) in [4.78, 5) is 2.76. The first kappa shape index (κ1) is 15.0. The zero-order chi connectivity index (χ0) is 13.1. The van der Waals surface area contributed by atoms with Crippen LogP contribution in [0.3, 0.4) is 0 Å². The molecule has 2 nitrogen and oxygen atoms in total. The highest BCUT2D eigenvalue weighted by atomic mass is 15.3. The second-order valence-corrected chi connectivity index (χ2v) is 6.42. The molecule has 1 saturated heterocycles. The van der Waals surface area contributed by atoms with Crippen molar-refractivity contribution in [3.05, 3.63) is 0 Å². The Morgan fingerprint density at radius 2 is 1.94 bits per heavy atom. The quantitative estimate of drug-likeness (QED) is 0.793. The Bertz CT molecular complexity index is 227. The van der Waals surface area contributed by atoms with Crippen LogP contribution in [-0.4, -0.2) is 35.6 Å². The standard InChI is InChI=1S/C15H32N2/c1-7-9-13(5)17-11-15(6,8-2)16-10-14(17)12(3)4/h12-14,16H,7-11H2,1-6H3. The first-order chi connectivity index (χ1) is 7.93. The first-order valence-corrected chi connectivity index (χ1v) is 7.44. The zero-order valence-electron chi connectivity index (χ0n) is 12.7. The van der Waals surface area contributed by atoms with E-state index in [-0.39, 0.29) is 0 Å². The Morgan fingerprint density at radius 1 is 1.29 bits per heavy atom. The van der Waals surface area contributed by atoms with Crippen LogP contribution in [0, 0.1) is 5.92 Å². The third-order valence-electron chi connectivity index (χ3n) is 4.52. The summed E-state index contributed by atoms with van der Waals surface area (Å²) in [5.41, 5.74) is 0.313. The minimum absolute atomic E-state index is 0.313. The number of rotatable bonds is 5. The molecule has 0 aromatic heterocycles. The summed E-state index contributed by atoms with van der Waals surface area (Å²) in [7, 11) is 0. The smallest absolute Gasteiger partial charge is 0.0278 e. The molecule has 1 N–H and O–H groups in total. The molecule has 2 heteroatoms. The minimum atomic E-state index is 0.313. The molecule has 0 aromatic rings. The third-order valence-corrected chi connectivity index (χ3v) is 4.52. The maximum Gasteiger partial charge on any atom is 0.0278 e. The van der Waals surface area contributed by atoms with Crippen molar-refractivity contribution in [2.24, 2.45) is 5.92 Å². The van der Waals surface area contributed by atoms with Crippen LogP contribution in [0.25, 0.3) is 0 Å². The molecular formula is C15H32N2. The van der Waals surface area contributed by atoms with E-state index in [4.69, 9.17) is 0 Å². The van der Waals surface area contributed by atoms with Gasteiger partial charge in [-0.3, -0.25) is 4.90 Å². The van der Waals surface area contributed by atoms with Crippen molar-refractivity contribution in [1.82, 2.24) is 10.2 Å². The van der Waals surface area contributed by atoms with Gasteiger partial charge in [0, 0.05) is 30.7 Å². The van der Waals surface area contributed by atoms with Gasteiger partial charge in [-0.05, 0) is 32.6 Å². The van der Waals surface area contributed by atoms with Crippen molar-refractivity contribution in [2.75, 3.05) is 13.1 Å². The van der Waals surface area contributed by atoms with Gasteiger partial charge in [0.1, 0.15) is 0 Å². The molecule has 0 aromatic carbocycles. The second kappa shape index (κ2) is 6.19. The maximum absolute atomic E-state index is 3.76. The van der Waals surface area contributed by atoms with E-state index in [9.17, 15) is 0 Å². The van der Waals surface area contributed by atoms with Gasteiger partial charge in [0.15, 0.2) is 0 Å². The molecule has 0 spiro atoms. The Morgan fingerprint density at radius 3 is 2.41 bits per heavy atom. The molecule has 102 valence electrons. The predicted molar refractivity (Wildman–Crippen MR) is 76.4 cm³/mol. The monoisotopic (exact) mass is 240 g/mol. The van der Waals surface area contributed by atoms with Gasteiger partial charge in [0.25, 0.3) is 0 Å². The van der Waals surface area contributed by atoms with E-state index in [1.54, 1.807) is 0 Å². The van der Waals surface area contributed by atoms with Crippen molar-refractivity contribution in [1.29, 1.82) is 0 Å². The van der Waals surface area contributed by atoms with E-state index in [0.717, 1.165) is 18.5 Å². The van der Waals surface area contributed by atoms with E-state index in [1.165, 1.54) is 25.8 Å². The molecule has 1 heterocycles. The lowest BCUT2D eigenvalue weighted by Crippen LogP contribution is -2.65. The molecule has 1 fully saturated rings. The van der Waals surface area contributed by atoms with Crippen molar-refractivity contribution >= 4 is 0 Å². The molecule has 1 aliphatic heterocycles. The Kier molecular flexibility index (Phi) is 5.46. The van der Waals surface area contributed by atoms with Crippen molar-refractivity contribution in [2.45, 2.75) is 78.4 Å². The average Bonchev–Trinajstić information content (AvgIpc) is 2.29.